The molecule has 6 nitrogen and oxygen atoms in total. The number of aromatic nitrogens is 2. The van der Waals surface area contributed by atoms with Gasteiger partial charge >= 0.3 is 0 Å². The highest BCUT2D eigenvalue weighted by Crippen LogP contribution is 2.27. The Morgan fingerprint density at radius 3 is 2.81 bits per heavy atom. The Balaban J connectivity index is 1.37. The van der Waals surface area contributed by atoms with Crippen molar-refractivity contribution in [3.8, 4) is 0 Å². The standard InChI is InChI=1S/C21H26N4O2/c1-13(2)14-6-8-16(9-7-14)25-12-15(10-20(25)26)21(27)22-11-19-17-4-3-5-18(17)23-24-19/h6-9,13,15H,3-5,10-12H2,1-2H3,(H,22,27)(H,23,24)/t15-/m0/s1. The van der Waals surface area contributed by atoms with Gasteiger partial charge in [-0.05, 0) is 48.4 Å². The number of nitrogens with zero attached hydrogens (tertiary/aromatic N) is 2. The predicted molar refractivity (Wildman–Crippen MR) is 103 cm³/mol. The van der Waals surface area contributed by atoms with Gasteiger partial charge in [0.1, 0.15) is 0 Å². The van der Waals surface area contributed by atoms with Crippen molar-refractivity contribution in [2.24, 2.45) is 5.92 Å². The van der Waals surface area contributed by atoms with E-state index in [0.717, 1.165) is 30.6 Å². The van der Waals surface area contributed by atoms with Crippen molar-refractivity contribution in [3.05, 3.63) is 46.8 Å². The molecule has 2 heterocycles. The van der Waals surface area contributed by atoms with Crippen molar-refractivity contribution in [2.75, 3.05) is 11.4 Å². The van der Waals surface area contributed by atoms with Crippen LogP contribution in [0.15, 0.2) is 24.3 Å². The van der Waals surface area contributed by atoms with Gasteiger partial charge in [0.15, 0.2) is 0 Å². The molecule has 4 rings (SSSR count). The van der Waals surface area contributed by atoms with Crippen LogP contribution in [-0.4, -0.2) is 28.6 Å². The summed E-state index contributed by atoms with van der Waals surface area (Å²) in [7, 11) is 0. The highest BCUT2D eigenvalue weighted by atomic mass is 16.2. The molecule has 6 heteroatoms. The van der Waals surface area contributed by atoms with Crippen molar-refractivity contribution >= 4 is 17.5 Å². The molecule has 2 aromatic rings. The third-order valence-electron chi connectivity index (χ3n) is 5.69. The van der Waals surface area contributed by atoms with Gasteiger partial charge in [-0.1, -0.05) is 26.0 Å². The Morgan fingerprint density at radius 1 is 1.30 bits per heavy atom. The molecule has 1 aromatic heterocycles. The zero-order valence-electron chi connectivity index (χ0n) is 15.9. The van der Waals surface area contributed by atoms with Crippen LogP contribution in [-0.2, 0) is 29.0 Å². The topological polar surface area (TPSA) is 78.1 Å². The van der Waals surface area contributed by atoms with Crippen molar-refractivity contribution < 1.29 is 9.59 Å². The Hall–Kier alpha value is -2.63. The molecule has 0 radical (unpaired) electrons. The van der Waals surface area contributed by atoms with Crippen LogP contribution in [0.1, 0.15) is 55.1 Å². The van der Waals surface area contributed by atoms with Crippen LogP contribution in [0.25, 0.3) is 0 Å². The molecular formula is C21H26N4O2. The summed E-state index contributed by atoms with van der Waals surface area (Å²) in [6.45, 7) is 5.15. The molecule has 1 atom stereocenters. The van der Waals surface area contributed by atoms with Gasteiger partial charge in [-0.2, -0.15) is 5.10 Å². The van der Waals surface area contributed by atoms with Crippen molar-refractivity contribution in [1.29, 1.82) is 0 Å². The maximum atomic E-state index is 12.6. The maximum Gasteiger partial charge on any atom is 0.227 e. The second kappa shape index (κ2) is 7.18. The van der Waals surface area contributed by atoms with Gasteiger partial charge in [0, 0.05) is 24.3 Å². The van der Waals surface area contributed by atoms with E-state index in [1.165, 1.54) is 16.8 Å². The first kappa shape index (κ1) is 17.8. The average molecular weight is 366 g/mol. The van der Waals surface area contributed by atoms with E-state index in [1.807, 2.05) is 12.1 Å². The summed E-state index contributed by atoms with van der Waals surface area (Å²) in [4.78, 5) is 26.7. The molecular weight excluding hydrogens is 340 g/mol. The number of aromatic amines is 1. The summed E-state index contributed by atoms with van der Waals surface area (Å²) in [5.41, 5.74) is 5.49. The van der Waals surface area contributed by atoms with Gasteiger partial charge in [0.2, 0.25) is 11.8 Å². The van der Waals surface area contributed by atoms with E-state index in [2.05, 4.69) is 41.5 Å². The fraction of sp³-hybridized carbons (Fsp3) is 0.476. The summed E-state index contributed by atoms with van der Waals surface area (Å²) in [5, 5.41) is 10.4. The average Bonchev–Trinajstić information content (AvgIpc) is 3.36. The van der Waals surface area contributed by atoms with Gasteiger partial charge in [-0.15, -0.1) is 0 Å². The molecule has 0 unspecified atom stereocenters. The van der Waals surface area contributed by atoms with E-state index in [9.17, 15) is 9.59 Å². The molecule has 0 bridgehead atoms. The van der Waals surface area contributed by atoms with Crippen LogP contribution in [0.5, 0.6) is 0 Å². The fourth-order valence-corrected chi connectivity index (χ4v) is 4.02. The first-order valence-corrected chi connectivity index (χ1v) is 9.76. The summed E-state index contributed by atoms with van der Waals surface area (Å²) in [5.74, 6) is 0.0807. The van der Waals surface area contributed by atoms with Crippen molar-refractivity contribution in [1.82, 2.24) is 15.5 Å². The monoisotopic (exact) mass is 366 g/mol. The number of carbonyl (C=O) groups excluding carboxylic acids is 2. The van der Waals surface area contributed by atoms with Gasteiger partial charge in [-0.25, -0.2) is 0 Å². The minimum atomic E-state index is -0.311. The van der Waals surface area contributed by atoms with Gasteiger partial charge in [0.25, 0.3) is 0 Å². The molecule has 1 aliphatic carbocycles. The Kier molecular flexibility index (Phi) is 4.72. The lowest BCUT2D eigenvalue weighted by Gasteiger charge is -2.17. The summed E-state index contributed by atoms with van der Waals surface area (Å²) in [6.07, 6.45) is 3.47. The number of nitrogens with one attached hydrogen (secondary N) is 2. The molecule has 1 fully saturated rings. The lowest BCUT2D eigenvalue weighted by atomic mass is 10.0. The number of carbonyl (C=O) groups is 2. The van der Waals surface area contributed by atoms with Crippen LogP contribution in [0.4, 0.5) is 5.69 Å². The van der Waals surface area contributed by atoms with Gasteiger partial charge in [0.05, 0.1) is 18.2 Å². The predicted octanol–water partition coefficient (Wildman–Crippen LogP) is 2.69. The minimum absolute atomic E-state index is 0.00751. The minimum Gasteiger partial charge on any atom is -0.350 e. The van der Waals surface area contributed by atoms with E-state index >= 15 is 0 Å². The first-order valence-electron chi connectivity index (χ1n) is 9.76. The first-order chi connectivity index (χ1) is 13.0. The van der Waals surface area contributed by atoms with Gasteiger partial charge < -0.3 is 10.2 Å². The fourth-order valence-electron chi connectivity index (χ4n) is 4.02. The number of hydrogen-bond acceptors (Lipinski definition) is 3. The number of fused-ring (bicyclic) bond motifs is 1. The zero-order chi connectivity index (χ0) is 19.0. The molecule has 1 aliphatic heterocycles. The Morgan fingerprint density at radius 2 is 2.07 bits per heavy atom. The molecule has 2 aliphatic rings. The lowest BCUT2D eigenvalue weighted by molar-refractivity contribution is -0.126. The molecule has 0 saturated carbocycles. The number of hydrogen-bond donors (Lipinski definition) is 2. The van der Waals surface area contributed by atoms with Crippen LogP contribution in [0.2, 0.25) is 0 Å². The number of amides is 2. The molecule has 2 N–H and O–H groups in total. The normalized spacial score (nSPS) is 19.0. The Labute approximate surface area is 159 Å². The van der Waals surface area contributed by atoms with Crippen LogP contribution < -0.4 is 10.2 Å². The quantitative estimate of drug-likeness (QED) is 0.854. The largest absolute Gasteiger partial charge is 0.350 e. The van der Waals surface area contributed by atoms with E-state index in [-0.39, 0.29) is 24.2 Å². The second-order valence-electron chi connectivity index (χ2n) is 7.85. The molecule has 2 amide bonds. The molecule has 142 valence electrons. The van der Waals surface area contributed by atoms with Crippen molar-refractivity contribution in [2.45, 2.75) is 52.0 Å². The summed E-state index contributed by atoms with van der Waals surface area (Å²) < 4.78 is 0. The summed E-state index contributed by atoms with van der Waals surface area (Å²) in [6, 6.07) is 8.05. The van der Waals surface area contributed by atoms with Crippen LogP contribution >= 0.6 is 0 Å². The number of rotatable bonds is 5. The summed E-state index contributed by atoms with van der Waals surface area (Å²) >= 11 is 0. The molecule has 1 saturated heterocycles. The zero-order valence-corrected chi connectivity index (χ0v) is 15.9. The van der Waals surface area contributed by atoms with Crippen LogP contribution in [0, 0.1) is 5.92 Å². The third kappa shape index (κ3) is 3.48. The number of H-pyrrole nitrogens is 1. The van der Waals surface area contributed by atoms with E-state index in [4.69, 9.17) is 0 Å². The lowest BCUT2D eigenvalue weighted by Crippen LogP contribution is -2.32. The maximum absolute atomic E-state index is 12.6. The molecule has 27 heavy (non-hydrogen) atoms. The number of anilines is 1. The molecule has 1 aromatic carbocycles. The SMILES string of the molecule is CC(C)c1ccc(N2C[C@@H](C(=O)NCc3n[nH]c4c3CCC4)CC2=O)cc1. The third-order valence-corrected chi connectivity index (χ3v) is 5.69. The van der Waals surface area contributed by atoms with E-state index in [0.29, 0.717) is 19.0 Å². The second-order valence-corrected chi connectivity index (χ2v) is 7.85. The Bertz CT molecular complexity index is 854. The van der Waals surface area contributed by atoms with Crippen LogP contribution in [0.3, 0.4) is 0 Å². The van der Waals surface area contributed by atoms with Gasteiger partial charge in [-0.3, -0.25) is 14.7 Å². The number of benzene rings is 1. The van der Waals surface area contributed by atoms with E-state index in [1.54, 1.807) is 4.90 Å². The molecule has 0 spiro atoms. The highest BCUT2D eigenvalue weighted by molar-refractivity contribution is 6.00. The van der Waals surface area contributed by atoms with Crippen molar-refractivity contribution in [3.63, 3.8) is 0 Å². The number of aryl methyl sites for hydroxylation is 1. The highest BCUT2D eigenvalue weighted by Gasteiger charge is 2.35. The van der Waals surface area contributed by atoms with E-state index < -0.39 is 0 Å². The smallest absolute Gasteiger partial charge is 0.227 e.